The summed E-state index contributed by atoms with van der Waals surface area (Å²) in [5.74, 6) is -0.271. The molecule has 0 radical (unpaired) electrons. The summed E-state index contributed by atoms with van der Waals surface area (Å²) < 4.78 is 28.2. The average molecular weight is 211 g/mol. The third kappa shape index (κ3) is 1.79. The van der Waals surface area contributed by atoms with Gasteiger partial charge in [0.25, 0.3) is 0 Å². The standard InChI is InChI=1S/C10H10FNO3/c1-13-8-4-7(11)6(5-12)9(14-2)10(8)15-3/h4H,1-3H3. The zero-order valence-corrected chi connectivity index (χ0v) is 8.63. The van der Waals surface area contributed by atoms with E-state index in [4.69, 9.17) is 19.5 Å². The van der Waals surface area contributed by atoms with Gasteiger partial charge >= 0.3 is 0 Å². The molecule has 1 aromatic carbocycles. The number of hydrogen-bond acceptors (Lipinski definition) is 4. The molecule has 0 aliphatic carbocycles. The van der Waals surface area contributed by atoms with Crippen molar-refractivity contribution in [3.8, 4) is 23.3 Å². The molecular weight excluding hydrogens is 201 g/mol. The van der Waals surface area contributed by atoms with Crippen molar-refractivity contribution in [1.29, 1.82) is 5.26 Å². The maximum absolute atomic E-state index is 13.4. The first-order chi connectivity index (χ1) is 7.19. The Bertz CT molecular complexity index is 412. The smallest absolute Gasteiger partial charge is 0.204 e. The maximum Gasteiger partial charge on any atom is 0.204 e. The van der Waals surface area contributed by atoms with Crippen molar-refractivity contribution in [3.63, 3.8) is 0 Å². The highest BCUT2D eigenvalue weighted by atomic mass is 19.1. The number of methoxy groups -OCH3 is 3. The molecule has 0 N–H and O–H groups in total. The molecule has 0 bridgehead atoms. The Labute approximate surface area is 86.8 Å². The number of nitriles is 1. The number of halogens is 1. The van der Waals surface area contributed by atoms with Gasteiger partial charge in [-0.15, -0.1) is 0 Å². The lowest BCUT2D eigenvalue weighted by Crippen LogP contribution is -1.99. The van der Waals surface area contributed by atoms with Gasteiger partial charge in [0.2, 0.25) is 5.75 Å². The summed E-state index contributed by atoms with van der Waals surface area (Å²) in [5, 5.41) is 8.75. The molecule has 4 nitrogen and oxygen atoms in total. The van der Waals surface area contributed by atoms with E-state index in [9.17, 15) is 4.39 Å². The summed E-state index contributed by atoms with van der Waals surface area (Å²) in [4.78, 5) is 0. The Morgan fingerprint density at radius 3 is 2.13 bits per heavy atom. The van der Waals surface area contributed by atoms with Gasteiger partial charge in [0, 0.05) is 6.07 Å². The van der Waals surface area contributed by atoms with Crippen molar-refractivity contribution in [3.05, 3.63) is 17.4 Å². The Morgan fingerprint density at radius 1 is 1.13 bits per heavy atom. The molecule has 0 heterocycles. The molecule has 0 aliphatic rings. The summed E-state index contributed by atoms with van der Waals surface area (Å²) >= 11 is 0. The van der Waals surface area contributed by atoms with Gasteiger partial charge in [0.1, 0.15) is 17.4 Å². The lowest BCUT2D eigenvalue weighted by atomic mass is 10.1. The molecule has 0 aromatic heterocycles. The van der Waals surface area contributed by atoms with Crippen molar-refractivity contribution < 1.29 is 18.6 Å². The van der Waals surface area contributed by atoms with Gasteiger partial charge in [-0.3, -0.25) is 0 Å². The minimum Gasteiger partial charge on any atom is -0.493 e. The monoisotopic (exact) mass is 211 g/mol. The highest BCUT2D eigenvalue weighted by Crippen LogP contribution is 2.40. The topological polar surface area (TPSA) is 51.5 Å². The van der Waals surface area contributed by atoms with E-state index in [1.54, 1.807) is 6.07 Å². The van der Waals surface area contributed by atoms with Crippen LogP contribution in [-0.2, 0) is 0 Å². The van der Waals surface area contributed by atoms with Gasteiger partial charge in [0.05, 0.1) is 21.3 Å². The summed E-state index contributed by atoms with van der Waals surface area (Å²) in [7, 11) is 4.10. The van der Waals surface area contributed by atoms with E-state index in [1.165, 1.54) is 21.3 Å². The minimum atomic E-state index is -0.702. The van der Waals surface area contributed by atoms with Crippen LogP contribution in [0.3, 0.4) is 0 Å². The third-order valence-corrected chi connectivity index (χ3v) is 1.89. The molecule has 0 saturated carbocycles. The number of rotatable bonds is 3. The quantitative estimate of drug-likeness (QED) is 0.763. The van der Waals surface area contributed by atoms with Crippen LogP contribution in [0.1, 0.15) is 5.56 Å². The van der Waals surface area contributed by atoms with Gasteiger partial charge in [-0.2, -0.15) is 5.26 Å². The Kier molecular flexibility index (Phi) is 3.34. The van der Waals surface area contributed by atoms with E-state index in [0.29, 0.717) is 0 Å². The number of benzene rings is 1. The fraction of sp³-hybridized carbons (Fsp3) is 0.300. The molecule has 0 aliphatic heterocycles. The van der Waals surface area contributed by atoms with Crippen LogP contribution in [0.4, 0.5) is 4.39 Å². The van der Waals surface area contributed by atoms with Crippen LogP contribution in [0.25, 0.3) is 0 Å². The predicted octanol–water partition coefficient (Wildman–Crippen LogP) is 1.72. The van der Waals surface area contributed by atoms with Crippen molar-refractivity contribution in [1.82, 2.24) is 0 Å². The fourth-order valence-electron chi connectivity index (χ4n) is 1.23. The first-order valence-electron chi connectivity index (χ1n) is 4.08. The van der Waals surface area contributed by atoms with Crippen molar-refractivity contribution in [2.24, 2.45) is 0 Å². The van der Waals surface area contributed by atoms with E-state index in [-0.39, 0.29) is 22.8 Å². The van der Waals surface area contributed by atoms with Crippen molar-refractivity contribution in [2.45, 2.75) is 0 Å². The second kappa shape index (κ2) is 4.51. The second-order valence-electron chi connectivity index (χ2n) is 2.61. The molecular formula is C10H10FNO3. The first kappa shape index (κ1) is 11.1. The average Bonchev–Trinajstić information content (AvgIpc) is 2.27. The highest BCUT2D eigenvalue weighted by molar-refractivity contribution is 5.60. The molecule has 1 rings (SSSR count). The van der Waals surface area contributed by atoms with E-state index >= 15 is 0 Å². The summed E-state index contributed by atoms with van der Waals surface area (Å²) in [6.45, 7) is 0. The van der Waals surface area contributed by atoms with Crippen LogP contribution < -0.4 is 14.2 Å². The van der Waals surface area contributed by atoms with Crippen LogP contribution in [0.2, 0.25) is 0 Å². The minimum absolute atomic E-state index is 0.0388. The lowest BCUT2D eigenvalue weighted by Gasteiger charge is -2.13. The Hall–Kier alpha value is -1.96. The van der Waals surface area contributed by atoms with Crippen LogP contribution in [0.5, 0.6) is 17.2 Å². The van der Waals surface area contributed by atoms with E-state index in [0.717, 1.165) is 6.07 Å². The van der Waals surface area contributed by atoms with E-state index in [2.05, 4.69) is 0 Å². The van der Waals surface area contributed by atoms with Gasteiger partial charge in [0.15, 0.2) is 11.5 Å². The van der Waals surface area contributed by atoms with E-state index < -0.39 is 5.82 Å². The second-order valence-corrected chi connectivity index (χ2v) is 2.61. The molecule has 80 valence electrons. The summed E-state index contributed by atoms with van der Waals surface area (Å²) in [6, 6.07) is 2.79. The SMILES string of the molecule is COc1cc(F)c(C#N)c(OC)c1OC. The predicted molar refractivity (Wildman–Crippen MR) is 50.8 cm³/mol. The molecule has 0 spiro atoms. The van der Waals surface area contributed by atoms with Crippen LogP contribution in [-0.4, -0.2) is 21.3 Å². The van der Waals surface area contributed by atoms with Crippen molar-refractivity contribution in [2.75, 3.05) is 21.3 Å². The molecule has 0 fully saturated rings. The van der Waals surface area contributed by atoms with Crippen LogP contribution in [0, 0.1) is 17.1 Å². The lowest BCUT2D eigenvalue weighted by molar-refractivity contribution is 0.320. The van der Waals surface area contributed by atoms with Gasteiger partial charge in [-0.05, 0) is 0 Å². The van der Waals surface area contributed by atoms with Crippen LogP contribution in [0.15, 0.2) is 6.07 Å². The molecule has 0 atom stereocenters. The van der Waals surface area contributed by atoms with Gasteiger partial charge < -0.3 is 14.2 Å². The molecule has 0 unspecified atom stereocenters. The van der Waals surface area contributed by atoms with Crippen LogP contribution >= 0.6 is 0 Å². The highest BCUT2D eigenvalue weighted by Gasteiger charge is 2.20. The molecule has 0 amide bonds. The van der Waals surface area contributed by atoms with Gasteiger partial charge in [-0.25, -0.2) is 4.39 Å². The first-order valence-corrected chi connectivity index (χ1v) is 4.08. The zero-order chi connectivity index (χ0) is 11.4. The van der Waals surface area contributed by atoms with E-state index in [1.807, 2.05) is 0 Å². The number of ether oxygens (including phenoxy) is 3. The largest absolute Gasteiger partial charge is 0.493 e. The zero-order valence-electron chi connectivity index (χ0n) is 8.63. The fourth-order valence-corrected chi connectivity index (χ4v) is 1.23. The maximum atomic E-state index is 13.4. The molecule has 15 heavy (non-hydrogen) atoms. The Balaban J connectivity index is 3.53. The third-order valence-electron chi connectivity index (χ3n) is 1.89. The van der Waals surface area contributed by atoms with Crippen molar-refractivity contribution >= 4 is 0 Å². The van der Waals surface area contributed by atoms with Gasteiger partial charge in [-0.1, -0.05) is 0 Å². The Morgan fingerprint density at radius 2 is 1.73 bits per heavy atom. The molecule has 0 saturated heterocycles. The summed E-state index contributed by atoms with van der Waals surface area (Å²) in [6.07, 6.45) is 0. The summed E-state index contributed by atoms with van der Waals surface area (Å²) in [5.41, 5.74) is -0.199. The number of nitrogens with zero attached hydrogens (tertiary/aromatic N) is 1. The molecule has 5 heteroatoms. The molecule has 1 aromatic rings. The normalized spacial score (nSPS) is 9.27. The number of hydrogen-bond donors (Lipinski definition) is 0.